The van der Waals surface area contributed by atoms with Crippen LogP contribution in [0, 0.1) is 6.92 Å². The number of nitrogens with two attached hydrogens (primary N) is 1. The molecule has 1 amide bonds. The Bertz CT molecular complexity index is 635. The van der Waals surface area contributed by atoms with Crippen LogP contribution in [0.5, 0.6) is 0 Å². The van der Waals surface area contributed by atoms with Gasteiger partial charge in [-0.2, -0.15) is 0 Å². The molecule has 4 heteroatoms. The second-order valence-corrected chi connectivity index (χ2v) is 5.10. The summed E-state index contributed by atoms with van der Waals surface area (Å²) in [5, 5.41) is 2.85. The lowest BCUT2D eigenvalue weighted by atomic mass is 10.1. The van der Waals surface area contributed by atoms with Gasteiger partial charge >= 0.3 is 0 Å². The quantitative estimate of drug-likeness (QED) is 0.849. The maximum absolute atomic E-state index is 12.0. The molecule has 2 aromatic rings. The average molecular weight is 284 g/mol. The van der Waals surface area contributed by atoms with Crippen LogP contribution in [0.3, 0.4) is 0 Å². The summed E-state index contributed by atoms with van der Waals surface area (Å²) in [5.74, 6) is -0.0429. The number of amides is 1. The fraction of sp³-hybridized carbons (Fsp3) is 0.125. The summed E-state index contributed by atoms with van der Waals surface area (Å²) in [6.07, 6.45) is 0.360. The summed E-state index contributed by atoms with van der Waals surface area (Å²) in [6, 6.07) is 15.1. The summed E-state index contributed by atoms with van der Waals surface area (Å²) in [7, 11) is 0. The standard InChI is InChI=1S/C16H16N2OS/c1-11-3-2-4-12(9-11)10-15(19)18-14-7-5-13(6-8-14)16(17)20/h2-9H,10H2,1H3,(H2,17,20)(H,18,19). The smallest absolute Gasteiger partial charge is 0.228 e. The van der Waals surface area contributed by atoms with Gasteiger partial charge in [0.25, 0.3) is 0 Å². The van der Waals surface area contributed by atoms with Crippen LogP contribution in [0.15, 0.2) is 48.5 Å². The van der Waals surface area contributed by atoms with Gasteiger partial charge < -0.3 is 11.1 Å². The minimum atomic E-state index is -0.0429. The number of anilines is 1. The highest BCUT2D eigenvalue weighted by Crippen LogP contribution is 2.11. The molecular formula is C16H16N2OS. The van der Waals surface area contributed by atoms with Crippen molar-refractivity contribution in [3.05, 3.63) is 65.2 Å². The highest BCUT2D eigenvalue weighted by Gasteiger charge is 2.04. The number of benzene rings is 2. The number of thiocarbonyl (C=S) groups is 1. The molecule has 102 valence electrons. The molecule has 0 aliphatic carbocycles. The molecule has 0 unspecified atom stereocenters. The minimum Gasteiger partial charge on any atom is -0.389 e. The molecule has 20 heavy (non-hydrogen) atoms. The lowest BCUT2D eigenvalue weighted by Gasteiger charge is -2.07. The number of hydrogen-bond donors (Lipinski definition) is 2. The Hall–Kier alpha value is -2.20. The Morgan fingerprint density at radius 1 is 1.20 bits per heavy atom. The van der Waals surface area contributed by atoms with E-state index in [1.54, 1.807) is 24.3 Å². The predicted octanol–water partition coefficient (Wildman–Crippen LogP) is 2.81. The van der Waals surface area contributed by atoms with Crippen LogP contribution < -0.4 is 11.1 Å². The Morgan fingerprint density at radius 2 is 1.90 bits per heavy atom. The number of carbonyl (C=O) groups excluding carboxylic acids is 1. The van der Waals surface area contributed by atoms with Crippen molar-refractivity contribution in [3.63, 3.8) is 0 Å². The van der Waals surface area contributed by atoms with Crippen LogP contribution >= 0.6 is 12.2 Å². The van der Waals surface area contributed by atoms with Crippen molar-refractivity contribution < 1.29 is 4.79 Å². The van der Waals surface area contributed by atoms with Crippen molar-refractivity contribution in [1.29, 1.82) is 0 Å². The highest BCUT2D eigenvalue weighted by molar-refractivity contribution is 7.80. The topological polar surface area (TPSA) is 55.1 Å². The molecular weight excluding hydrogens is 268 g/mol. The summed E-state index contributed by atoms with van der Waals surface area (Å²) in [4.78, 5) is 12.3. The SMILES string of the molecule is Cc1cccc(CC(=O)Nc2ccc(C(N)=S)cc2)c1. The molecule has 0 bridgehead atoms. The third kappa shape index (κ3) is 3.90. The molecule has 2 aromatic carbocycles. The van der Waals surface area contributed by atoms with Crippen LogP contribution in [0.25, 0.3) is 0 Å². The maximum Gasteiger partial charge on any atom is 0.228 e. The van der Waals surface area contributed by atoms with Crippen molar-refractivity contribution in [2.45, 2.75) is 13.3 Å². The van der Waals surface area contributed by atoms with Crippen molar-refractivity contribution in [1.82, 2.24) is 0 Å². The van der Waals surface area contributed by atoms with Gasteiger partial charge in [-0.1, -0.05) is 42.0 Å². The van der Waals surface area contributed by atoms with Gasteiger partial charge in [0.1, 0.15) is 4.99 Å². The van der Waals surface area contributed by atoms with Crippen LogP contribution in [0.2, 0.25) is 0 Å². The molecule has 0 atom stereocenters. The molecule has 0 saturated heterocycles. The molecule has 0 aliphatic heterocycles. The minimum absolute atomic E-state index is 0.0429. The van der Waals surface area contributed by atoms with E-state index in [9.17, 15) is 4.79 Å². The molecule has 0 heterocycles. The van der Waals surface area contributed by atoms with Gasteiger partial charge in [0, 0.05) is 11.3 Å². The van der Waals surface area contributed by atoms with E-state index in [1.165, 1.54) is 0 Å². The number of nitrogens with one attached hydrogen (secondary N) is 1. The van der Waals surface area contributed by atoms with Gasteiger partial charge in [0.05, 0.1) is 6.42 Å². The van der Waals surface area contributed by atoms with E-state index >= 15 is 0 Å². The zero-order valence-electron chi connectivity index (χ0n) is 11.2. The Morgan fingerprint density at radius 3 is 2.50 bits per heavy atom. The number of hydrogen-bond acceptors (Lipinski definition) is 2. The van der Waals surface area contributed by atoms with Crippen LogP contribution in [-0.4, -0.2) is 10.9 Å². The first-order valence-corrected chi connectivity index (χ1v) is 6.71. The van der Waals surface area contributed by atoms with Crippen molar-refractivity contribution >= 4 is 28.8 Å². The lowest BCUT2D eigenvalue weighted by molar-refractivity contribution is -0.115. The van der Waals surface area contributed by atoms with E-state index in [0.29, 0.717) is 11.4 Å². The molecule has 2 rings (SSSR count). The van der Waals surface area contributed by atoms with E-state index in [-0.39, 0.29) is 5.91 Å². The first-order valence-electron chi connectivity index (χ1n) is 6.30. The van der Waals surface area contributed by atoms with Gasteiger partial charge in [0.2, 0.25) is 5.91 Å². The number of carbonyl (C=O) groups is 1. The van der Waals surface area contributed by atoms with Gasteiger partial charge in [-0.25, -0.2) is 0 Å². The largest absolute Gasteiger partial charge is 0.389 e. The molecule has 0 saturated carbocycles. The van der Waals surface area contributed by atoms with Crippen molar-refractivity contribution in [2.24, 2.45) is 5.73 Å². The summed E-state index contributed by atoms with van der Waals surface area (Å²) in [6.45, 7) is 2.01. The van der Waals surface area contributed by atoms with Crippen LogP contribution in [0.1, 0.15) is 16.7 Å². The zero-order valence-corrected chi connectivity index (χ0v) is 12.0. The average Bonchev–Trinajstić information content (AvgIpc) is 2.39. The molecule has 3 nitrogen and oxygen atoms in total. The molecule has 0 fully saturated rings. The monoisotopic (exact) mass is 284 g/mol. The Kier molecular flexibility index (Phi) is 4.48. The molecule has 0 aromatic heterocycles. The van der Waals surface area contributed by atoms with Crippen LogP contribution in [-0.2, 0) is 11.2 Å². The molecule has 0 aliphatic rings. The third-order valence-corrected chi connectivity index (χ3v) is 3.14. The Balaban J connectivity index is 1.99. The normalized spacial score (nSPS) is 10.1. The fourth-order valence-corrected chi connectivity index (χ4v) is 2.07. The van der Waals surface area contributed by atoms with Gasteiger partial charge in [-0.15, -0.1) is 0 Å². The fourth-order valence-electron chi connectivity index (χ4n) is 1.93. The van der Waals surface area contributed by atoms with E-state index < -0.39 is 0 Å². The van der Waals surface area contributed by atoms with Gasteiger partial charge in [0.15, 0.2) is 0 Å². The second-order valence-electron chi connectivity index (χ2n) is 4.66. The molecule has 3 N–H and O–H groups in total. The van der Waals surface area contributed by atoms with Crippen LogP contribution in [0.4, 0.5) is 5.69 Å². The first kappa shape index (κ1) is 14.2. The van der Waals surface area contributed by atoms with Crippen molar-refractivity contribution in [3.8, 4) is 0 Å². The Labute approximate surface area is 123 Å². The molecule has 0 spiro atoms. The van der Waals surface area contributed by atoms with E-state index in [0.717, 1.165) is 22.4 Å². The summed E-state index contributed by atoms with van der Waals surface area (Å²) < 4.78 is 0. The first-order chi connectivity index (χ1) is 9.54. The summed E-state index contributed by atoms with van der Waals surface area (Å²) >= 11 is 4.88. The maximum atomic E-state index is 12.0. The zero-order chi connectivity index (χ0) is 14.5. The molecule has 0 radical (unpaired) electrons. The van der Waals surface area contributed by atoms with E-state index in [1.807, 2.05) is 31.2 Å². The van der Waals surface area contributed by atoms with Gasteiger partial charge in [-0.3, -0.25) is 4.79 Å². The van der Waals surface area contributed by atoms with Crippen molar-refractivity contribution in [2.75, 3.05) is 5.32 Å². The summed E-state index contributed by atoms with van der Waals surface area (Å²) in [5.41, 5.74) is 9.20. The number of aryl methyl sites for hydroxylation is 1. The second kappa shape index (κ2) is 6.30. The third-order valence-electron chi connectivity index (χ3n) is 2.90. The number of rotatable bonds is 4. The highest BCUT2D eigenvalue weighted by atomic mass is 32.1. The van der Waals surface area contributed by atoms with E-state index in [4.69, 9.17) is 18.0 Å². The van der Waals surface area contributed by atoms with Gasteiger partial charge in [-0.05, 0) is 36.8 Å². The van der Waals surface area contributed by atoms with E-state index in [2.05, 4.69) is 5.32 Å². The lowest BCUT2D eigenvalue weighted by Crippen LogP contribution is -2.15. The predicted molar refractivity (Wildman–Crippen MR) is 85.8 cm³/mol.